The van der Waals surface area contributed by atoms with E-state index in [2.05, 4.69) is 0 Å². The van der Waals surface area contributed by atoms with Crippen molar-refractivity contribution in [2.75, 3.05) is 6.61 Å². The topological polar surface area (TPSA) is 161 Å². The van der Waals surface area contributed by atoms with Gasteiger partial charge in [0.15, 0.2) is 7.60 Å². The van der Waals surface area contributed by atoms with Crippen molar-refractivity contribution in [3.05, 3.63) is 29.8 Å². The van der Waals surface area contributed by atoms with Crippen molar-refractivity contribution < 1.29 is 48.6 Å². The quantitative estimate of drug-likeness (QED) is 0.224. The molecule has 4 N–H and O–H groups in total. The number of aliphatic hydroxyl groups excluding tert-OH is 4. The summed E-state index contributed by atoms with van der Waals surface area (Å²) in [5.41, 5.74) is 0.570. The number of aliphatic hydroxyl groups is 4. The maximum atomic E-state index is 11.8. The van der Waals surface area contributed by atoms with Gasteiger partial charge in [0.2, 0.25) is 6.29 Å². The van der Waals surface area contributed by atoms with Crippen molar-refractivity contribution in [3.63, 3.8) is 0 Å². The number of benzene rings is 1. The van der Waals surface area contributed by atoms with Gasteiger partial charge in [0, 0.05) is 29.6 Å². The molecule has 153 valence electrons. The van der Waals surface area contributed by atoms with Crippen LogP contribution < -0.4 is 9.63 Å². The van der Waals surface area contributed by atoms with E-state index in [1.54, 1.807) is 19.1 Å². The Labute approximate surface area is 183 Å². The predicted octanol–water partition coefficient (Wildman–Crippen LogP) is -1.70. The maximum absolute atomic E-state index is 11.8. The molecule has 1 aromatic carbocycles. The van der Waals surface area contributed by atoms with Crippen LogP contribution in [0.4, 0.5) is 0 Å². The molecule has 1 radical (unpaired) electrons. The molecule has 0 aromatic heterocycles. The van der Waals surface area contributed by atoms with Gasteiger partial charge in [-0.3, -0.25) is 0 Å². The van der Waals surface area contributed by atoms with Crippen LogP contribution in [0.2, 0.25) is 0 Å². The molecule has 2 unspecified atom stereocenters. The molecule has 12 heteroatoms. The van der Waals surface area contributed by atoms with Crippen molar-refractivity contribution in [3.8, 4) is 5.75 Å². The Morgan fingerprint density at radius 3 is 2.25 bits per heavy atom. The van der Waals surface area contributed by atoms with E-state index in [1.165, 1.54) is 12.1 Å². The first-order valence-corrected chi connectivity index (χ1v) is 10.0. The number of hydrogen-bond acceptors (Lipinski definition) is 10. The second-order valence-corrected chi connectivity index (χ2v) is 8.35. The number of epoxide rings is 1. The van der Waals surface area contributed by atoms with Crippen molar-refractivity contribution in [2.45, 2.75) is 56.2 Å². The minimum atomic E-state index is -4.08. The molecule has 8 atom stereocenters. The van der Waals surface area contributed by atoms with Crippen LogP contribution in [0.1, 0.15) is 12.5 Å². The molecule has 2 aliphatic heterocycles. The van der Waals surface area contributed by atoms with Crippen LogP contribution in [0, 0.1) is 0 Å². The van der Waals surface area contributed by atoms with Crippen molar-refractivity contribution in [2.24, 2.45) is 0 Å². The third-order valence-corrected chi connectivity index (χ3v) is 6.08. The smallest absolute Gasteiger partial charge is 0.229 e. The fourth-order valence-corrected chi connectivity index (χ4v) is 4.04. The number of hydrogen-bond donors (Lipinski definition) is 4. The van der Waals surface area contributed by atoms with E-state index in [4.69, 9.17) is 23.8 Å². The molecule has 0 spiro atoms. The first-order valence-electron chi connectivity index (χ1n) is 8.40. The van der Waals surface area contributed by atoms with Crippen LogP contribution in [-0.4, -0.2) is 99.2 Å². The van der Waals surface area contributed by atoms with E-state index < -0.39 is 50.8 Å². The summed E-state index contributed by atoms with van der Waals surface area (Å²) in [7, 11) is -4.08. The average Bonchev–Trinajstić information content (AvgIpc) is 3.39. The van der Waals surface area contributed by atoms with E-state index >= 15 is 0 Å². The SMILES string of the molecule is C[C@H]1O[C@H]1P(=O)([O-])OCc1ccc(O[C@@H]2O[C@H](CO)C(O)[C@@H](O)[C@H]2O)cc1.[Na]. The van der Waals surface area contributed by atoms with Gasteiger partial charge in [0.25, 0.3) is 0 Å². The Hall–Kier alpha value is -0.0700. The monoisotopic (exact) mass is 428 g/mol. The molecule has 2 aliphatic rings. The minimum absolute atomic E-state index is 0. The summed E-state index contributed by atoms with van der Waals surface area (Å²) in [5, 5.41) is 38.6. The summed E-state index contributed by atoms with van der Waals surface area (Å²) in [6, 6.07) is 6.14. The molecule has 0 bridgehead atoms. The number of rotatable bonds is 7. The van der Waals surface area contributed by atoms with E-state index in [9.17, 15) is 24.8 Å². The second-order valence-electron chi connectivity index (χ2n) is 6.50. The molecule has 3 rings (SSSR count). The molecule has 10 nitrogen and oxygen atoms in total. The van der Waals surface area contributed by atoms with Crippen molar-refractivity contribution in [1.29, 1.82) is 0 Å². The van der Waals surface area contributed by atoms with Crippen molar-refractivity contribution in [1.82, 2.24) is 0 Å². The second kappa shape index (κ2) is 9.82. The fourth-order valence-electron chi connectivity index (χ4n) is 2.71. The van der Waals surface area contributed by atoms with Gasteiger partial charge in [-0.1, -0.05) is 12.1 Å². The molecule has 0 aliphatic carbocycles. The van der Waals surface area contributed by atoms with Gasteiger partial charge in [-0.15, -0.1) is 0 Å². The normalized spacial score (nSPS) is 36.9. The first kappa shape index (κ1) is 24.2. The first-order chi connectivity index (χ1) is 12.7. The number of ether oxygens (including phenoxy) is 3. The summed E-state index contributed by atoms with van der Waals surface area (Å²) in [6.07, 6.45) is -7.24. The van der Waals surface area contributed by atoms with Gasteiger partial charge in [-0.2, -0.15) is 0 Å². The van der Waals surface area contributed by atoms with Gasteiger partial charge in [-0.05, 0) is 24.6 Å². The molecule has 2 saturated heterocycles. The Balaban J connectivity index is 0.00000280. The van der Waals surface area contributed by atoms with E-state index in [-0.39, 0.29) is 48.0 Å². The van der Waals surface area contributed by atoms with Crippen LogP contribution in [0.25, 0.3) is 0 Å². The average molecular weight is 428 g/mol. The molecule has 1 aromatic rings. The summed E-state index contributed by atoms with van der Waals surface area (Å²) >= 11 is 0. The fraction of sp³-hybridized carbons (Fsp3) is 0.625. The molecule has 2 heterocycles. The molecule has 0 saturated carbocycles. The summed E-state index contributed by atoms with van der Waals surface area (Å²) in [6.45, 7) is 0.928. The van der Waals surface area contributed by atoms with Crippen LogP contribution >= 0.6 is 7.60 Å². The molecular weight excluding hydrogens is 406 g/mol. The van der Waals surface area contributed by atoms with Gasteiger partial charge in [-0.25, -0.2) is 0 Å². The standard InChI is InChI=1S/C16H23O10P.Na/c1-8-16(24-8)27(21,22)23-7-9-2-4-10(5-3-9)25-15-14(20)13(19)12(18)11(6-17)26-15;/h2-5,8,11-20H,6-7H2,1H3,(H,21,22);/p-1/t8-,11-,12?,13-,14-,15-,16+;/m1./s1. The summed E-state index contributed by atoms with van der Waals surface area (Å²) in [4.78, 5) is 11.8. The van der Waals surface area contributed by atoms with E-state index in [1.807, 2.05) is 0 Å². The molecular formula is C16H22NaO10P-. The van der Waals surface area contributed by atoms with Crippen LogP contribution in [0.15, 0.2) is 24.3 Å². The van der Waals surface area contributed by atoms with Crippen molar-refractivity contribution >= 4 is 37.2 Å². The largest absolute Gasteiger partial charge is 0.777 e. The van der Waals surface area contributed by atoms with E-state index in [0.717, 1.165) is 0 Å². The zero-order chi connectivity index (χ0) is 19.8. The maximum Gasteiger partial charge on any atom is 0.229 e. The van der Waals surface area contributed by atoms with Crippen LogP contribution in [0.5, 0.6) is 5.75 Å². The minimum Gasteiger partial charge on any atom is -0.777 e. The molecule has 28 heavy (non-hydrogen) atoms. The van der Waals surface area contributed by atoms with Gasteiger partial charge in [0.1, 0.15) is 36.0 Å². The zero-order valence-electron chi connectivity index (χ0n) is 15.5. The summed E-state index contributed by atoms with van der Waals surface area (Å²) < 4.78 is 32.4. The Kier molecular flexibility index (Phi) is 8.49. The third-order valence-electron chi connectivity index (χ3n) is 4.43. The molecule has 0 amide bonds. The Morgan fingerprint density at radius 2 is 1.71 bits per heavy atom. The Morgan fingerprint density at radius 1 is 1.11 bits per heavy atom. The van der Waals surface area contributed by atoms with E-state index in [0.29, 0.717) is 5.56 Å². The van der Waals surface area contributed by atoms with Crippen LogP contribution in [0.3, 0.4) is 0 Å². The predicted molar refractivity (Wildman–Crippen MR) is 93.3 cm³/mol. The molecule has 2 fully saturated rings. The van der Waals surface area contributed by atoms with Crippen LogP contribution in [-0.2, 0) is 25.2 Å². The zero-order valence-corrected chi connectivity index (χ0v) is 18.3. The van der Waals surface area contributed by atoms with Gasteiger partial charge >= 0.3 is 0 Å². The van der Waals surface area contributed by atoms with Gasteiger partial charge < -0.3 is 48.6 Å². The van der Waals surface area contributed by atoms with Gasteiger partial charge in [0.05, 0.1) is 19.3 Å². The Bertz CT molecular complexity index is 687. The summed E-state index contributed by atoms with van der Waals surface area (Å²) in [5.74, 6) is -0.626. The third kappa shape index (κ3) is 5.54.